The minimum atomic E-state index is -0.494. The maximum atomic E-state index is 15.3. The number of aryl methyl sites for hydroxylation is 1. The van der Waals surface area contributed by atoms with Crippen LogP contribution in [0, 0.1) is 24.6 Å². The fraction of sp³-hybridized carbons (Fsp3) is 0.333. The second-order valence-corrected chi connectivity index (χ2v) is 9.72. The molecule has 1 atom stereocenters. The predicted octanol–water partition coefficient (Wildman–Crippen LogP) is 4.02. The summed E-state index contributed by atoms with van der Waals surface area (Å²) in [5, 5.41) is 7.64. The monoisotopic (exact) mass is 471 g/mol. The highest BCUT2D eigenvalue weighted by Crippen LogP contribution is 2.33. The van der Waals surface area contributed by atoms with Crippen molar-refractivity contribution in [2.75, 3.05) is 13.1 Å². The molecule has 4 aromatic rings. The summed E-state index contributed by atoms with van der Waals surface area (Å²) in [4.78, 5) is 31.4. The lowest BCUT2D eigenvalue weighted by Crippen LogP contribution is -2.30. The molecule has 0 spiro atoms. The maximum absolute atomic E-state index is 15.3. The molecule has 1 aliphatic carbocycles. The summed E-state index contributed by atoms with van der Waals surface area (Å²) >= 11 is 0. The smallest absolute Gasteiger partial charge is 0.342 e. The van der Waals surface area contributed by atoms with E-state index in [1.807, 2.05) is 48.2 Å². The summed E-state index contributed by atoms with van der Waals surface area (Å²) in [6.07, 6.45) is 3.34. The standard InChI is InChI=1S/C27H26FN5O2/c1-16-2-3-21-13-19(6-8-23(21)29-16)20-7-9-24(22(28)14-20)33-25(30-31-27(33)35)12-17-10-11-32(15-17)26(34)18-4-5-18/h2-3,6-9,13-14,17-18H,4-5,10-12,15H2,1H3,(H,31,35). The van der Waals surface area contributed by atoms with E-state index in [9.17, 15) is 9.59 Å². The fourth-order valence-electron chi connectivity index (χ4n) is 5.04. The van der Waals surface area contributed by atoms with Crippen LogP contribution in [0.1, 0.15) is 30.8 Å². The highest BCUT2D eigenvalue weighted by molar-refractivity contribution is 5.84. The van der Waals surface area contributed by atoms with Crippen LogP contribution in [-0.2, 0) is 11.2 Å². The van der Waals surface area contributed by atoms with Crippen molar-refractivity contribution in [1.82, 2.24) is 24.6 Å². The van der Waals surface area contributed by atoms with Crippen LogP contribution >= 0.6 is 0 Å². The molecule has 1 unspecified atom stereocenters. The number of aromatic nitrogens is 4. The summed E-state index contributed by atoms with van der Waals surface area (Å²) in [6.45, 7) is 3.34. The van der Waals surface area contributed by atoms with Gasteiger partial charge in [-0.3, -0.25) is 9.78 Å². The van der Waals surface area contributed by atoms with E-state index in [-0.39, 0.29) is 23.4 Å². The van der Waals surface area contributed by atoms with Crippen LogP contribution in [0.25, 0.3) is 27.7 Å². The number of benzene rings is 2. The average Bonchev–Trinajstić information content (AvgIpc) is 3.50. The molecule has 7 nitrogen and oxygen atoms in total. The van der Waals surface area contributed by atoms with Crippen LogP contribution in [-0.4, -0.2) is 43.6 Å². The second-order valence-electron chi connectivity index (χ2n) is 9.72. The van der Waals surface area contributed by atoms with Gasteiger partial charge in [-0.2, -0.15) is 5.10 Å². The number of carbonyl (C=O) groups is 1. The topological polar surface area (TPSA) is 83.9 Å². The van der Waals surface area contributed by atoms with Gasteiger partial charge in [0.2, 0.25) is 5.91 Å². The molecule has 1 aliphatic heterocycles. The summed E-state index contributed by atoms with van der Waals surface area (Å²) in [6, 6.07) is 14.7. The van der Waals surface area contributed by atoms with Gasteiger partial charge in [-0.15, -0.1) is 0 Å². The molecule has 8 heteroatoms. The number of likely N-dealkylation sites (tertiary alicyclic amines) is 1. The Labute approximate surface area is 201 Å². The third kappa shape index (κ3) is 4.13. The normalized spacial score (nSPS) is 17.9. The molecular formula is C27H26FN5O2. The Kier molecular flexibility index (Phi) is 5.24. The van der Waals surface area contributed by atoms with Gasteiger partial charge in [0, 0.05) is 36.5 Å². The Hall–Kier alpha value is -3.81. The van der Waals surface area contributed by atoms with Crippen LogP contribution in [0.4, 0.5) is 4.39 Å². The van der Waals surface area contributed by atoms with E-state index in [0.717, 1.165) is 53.5 Å². The van der Waals surface area contributed by atoms with Crippen molar-refractivity contribution in [3.8, 4) is 16.8 Å². The highest BCUT2D eigenvalue weighted by Gasteiger charge is 2.37. The molecule has 0 bridgehead atoms. The number of pyridine rings is 1. The number of H-pyrrole nitrogens is 1. The number of amides is 1. The zero-order valence-corrected chi connectivity index (χ0v) is 19.5. The minimum Gasteiger partial charge on any atom is -0.342 e. The molecule has 35 heavy (non-hydrogen) atoms. The second kappa shape index (κ2) is 8.45. The third-order valence-corrected chi connectivity index (χ3v) is 7.09. The number of hydrogen-bond donors (Lipinski definition) is 1. The lowest BCUT2D eigenvalue weighted by molar-refractivity contribution is -0.131. The molecule has 0 radical (unpaired) electrons. The van der Waals surface area contributed by atoms with Crippen LogP contribution in [0.2, 0.25) is 0 Å². The Bertz CT molecular complexity index is 1500. The Morgan fingerprint density at radius 2 is 1.89 bits per heavy atom. The first-order valence-corrected chi connectivity index (χ1v) is 12.1. The summed E-state index contributed by atoms with van der Waals surface area (Å²) in [7, 11) is 0. The van der Waals surface area contributed by atoms with Gasteiger partial charge in [-0.05, 0) is 73.6 Å². The zero-order valence-electron chi connectivity index (χ0n) is 19.5. The first-order valence-electron chi connectivity index (χ1n) is 12.1. The van der Waals surface area contributed by atoms with Crippen molar-refractivity contribution in [1.29, 1.82) is 0 Å². The third-order valence-electron chi connectivity index (χ3n) is 7.09. The van der Waals surface area contributed by atoms with Crippen LogP contribution in [0.5, 0.6) is 0 Å². The molecular weight excluding hydrogens is 445 g/mol. The molecule has 2 aromatic heterocycles. The lowest BCUT2D eigenvalue weighted by atomic mass is 10.0. The summed E-state index contributed by atoms with van der Waals surface area (Å²) in [5.41, 5.74) is 3.13. The molecule has 6 rings (SSSR count). The van der Waals surface area contributed by atoms with Gasteiger partial charge < -0.3 is 4.90 Å². The SMILES string of the molecule is Cc1ccc2cc(-c3ccc(-n4c(CC5CCN(C(=O)C6CC6)C5)n[nH]c4=O)c(F)c3)ccc2n1. The largest absolute Gasteiger partial charge is 0.348 e. The molecule has 2 aromatic carbocycles. The van der Waals surface area contributed by atoms with Gasteiger partial charge in [0.25, 0.3) is 0 Å². The van der Waals surface area contributed by atoms with E-state index in [1.54, 1.807) is 6.07 Å². The number of aromatic amines is 1. The number of nitrogens with one attached hydrogen (secondary N) is 1. The minimum absolute atomic E-state index is 0.171. The Balaban J connectivity index is 1.26. The molecule has 178 valence electrons. The molecule has 3 heterocycles. The average molecular weight is 472 g/mol. The van der Waals surface area contributed by atoms with Gasteiger partial charge in [0.1, 0.15) is 11.6 Å². The molecule has 1 N–H and O–H groups in total. The van der Waals surface area contributed by atoms with Crippen molar-refractivity contribution in [2.24, 2.45) is 11.8 Å². The molecule has 1 saturated heterocycles. The van der Waals surface area contributed by atoms with Gasteiger partial charge in [0.15, 0.2) is 0 Å². The number of hydrogen-bond acceptors (Lipinski definition) is 4. The summed E-state index contributed by atoms with van der Waals surface area (Å²) < 4.78 is 16.7. The van der Waals surface area contributed by atoms with E-state index in [1.165, 1.54) is 10.6 Å². The van der Waals surface area contributed by atoms with E-state index in [4.69, 9.17) is 0 Å². The quantitative estimate of drug-likeness (QED) is 0.477. The number of rotatable bonds is 5. The van der Waals surface area contributed by atoms with Crippen LogP contribution in [0.15, 0.2) is 53.3 Å². The molecule has 2 aliphatic rings. The number of carbonyl (C=O) groups excluding carboxylic acids is 1. The highest BCUT2D eigenvalue weighted by atomic mass is 19.1. The molecule has 1 saturated carbocycles. The Morgan fingerprint density at radius 1 is 1.09 bits per heavy atom. The Morgan fingerprint density at radius 3 is 2.69 bits per heavy atom. The fourth-order valence-corrected chi connectivity index (χ4v) is 5.04. The van der Waals surface area contributed by atoms with Crippen molar-refractivity contribution >= 4 is 16.8 Å². The van der Waals surface area contributed by atoms with E-state index in [0.29, 0.717) is 18.8 Å². The van der Waals surface area contributed by atoms with E-state index < -0.39 is 11.5 Å². The lowest BCUT2D eigenvalue weighted by Gasteiger charge is -2.16. The number of nitrogens with zero attached hydrogens (tertiary/aromatic N) is 4. The van der Waals surface area contributed by atoms with Crippen molar-refractivity contribution < 1.29 is 9.18 Å². The molecule has 2 fully saturated rings. The van der Waals surface area contributed by atoms with Gasteiger partial charge in [0.05, 0.1) is 11.2 Å². The van der Waals surface area contributed by atoms with E-state index in [2.05, 4.69) is 15.2 Å². The predicted molar refractivity (Wildman–Crippen MR) is 131 cm³/mol. The maximum Gasteiger partial charge on any atom is 0.348 e. The first-order chi connectivity index (χ1) is 17.0. The first kappa shape index (κ1) is 21.7. The van der Waals surface area contributed by atoms with Crippen molar-refractivity contribution in [3.05, 3.63) is 76.4 Å². The van der Waals surface area contributed by atoms with Gasteiger partial charge in [-0.25, -0.2) is 18.9 Å². The van der Waals surface area contributed by atoms with Crippen molar-refractivity contribution in [2.45, 2.75) is 32.6 Å². The number of fused-ring (bicyclic) bond motifs is 1. The van der Waals surface area contributed by atoms with Crippen LogP contribution in [0.3, 0.4) is 0 Å². The van der Waals surface area contributed by atoms with Crippen molar-refractivity contribution in [3.63, 3.8) is 0 Å². The zero-order chi connectivity index (χ0) is 24.1. The molecule has 1 amide bonds. The van der Waals surface area contributed by atoms with Crippen LogP contribution < -0.4 is 5.69 Å². The van der Waals surface area contributed by atoms with Gasteiger partial charge >= 0.3 is 5.69 Å². The number of halogens is 1. The van der Waals surface area contributed by atoms with E-state index >= 15 is 4.39 Å². The van der Waals surface area contributed by atoms with Gasteiger partial charge in [-0.1, -0.05) is 18.2 Å². The summed E-state index contributed by atoms with van der Waals surface area (Å²) in [5.74, 6) is 0.635.